The van der Waals surface area contributed by atoms with E-state index >= 15 is 0 Å². The lowest BCUT2D eigenvalue weighted by Crippen LogP contribution is -2.30. The predicted molar refractivity (Wildman–Crippen MR) is 130 cm³/mol. The first-order chi connectivity index (χ1) is 16.0. The molecule has 170 valence electrons. The minimum absolute atomic E-state index is 0.0710. The third kappa shape index (κ3) is 4.35. The van der Waals surface area contributed by atoms with Crippen molar-refractivity contribution < 1.29 is 19.1 Å². The number of thioether (sulfide) groups is 1. The molecule has 5 rings (SSSR count). The van der Waals surface area contributed by atoms with Crippen LogP contribution < -0.4 is 15.0 Å². The number of nitrogens with one attached hydrogen (secondary N) is 1. The van der Waals surface area contributed by atoms with Gasteiger partial charge < -0.3 is 10.1 Å². The molecular weight excluding hydrogens is 458 g/mol. The Kier molecular flexibility index (Phi) is 6.07. The van der Waals surface area contributed by atoms with Crippen LogP contribution >= 0.6 is 23.1 Å². The summed E-state index contributed by atoms with van der Waals surface area (Å²) in [6.45, 7) is 0. The highest BCUT2D eigenvalue weighted by Crippen LogP contribution is 2.41. The molecule has 2 aromatic carbocycles. The smallest absolute Gasteiger partial charge is 0.237 e. The maximum atomic E-state index is 12.9. The van der Waals surface area contributed by atoms with Gasteiger partial charge >= 0.3 is 0 Å². The average Bonchev–Trinajstić information content (AvgIpc) is 3.36. The lowest BCUT2D eigenvalue weighted by molar-refractivity contribution is -0.122. The van der Waals surface area contributed by atoms with E-state index in [4.69, 9.17) is 4.74 Å². The largest absolute Gasteiger partial charge is 0.497 e. The molecule has 9 heteroatoms. The van der Waals surface area contributed by atoms with E-state index in [2.05, 4.69) is 10.3 Å². The van der Waals surface area contributed by atoms with E-state index in [0.717, 1.165) is 46.0 Å². The molecule has 1 saturated carbocycles. The van der Waals surface area contributed by atoms with Gasteiger partial charge in [0.25, 0.3) is 0 Å². The van der Waals surface area contributed by atoms with E-state index in [1.807, 2.05) is 12.1 Å². The number of carbonyl (C=O) groups excluding carboxylic acids is 3. The highest BCUT2D eigenvalue weighted by Gasteiger charge is 2.48. The van der Waals surface area contributed by atoms with Crippen LogP contribution in [0.1, 0.15) is 25.7 Å². The predicted octanol–water partition coefficient (Wildman–Crippen LogP) is 4.72. The van der Waals surface area contributed by atoms with Crippen LogP contribution in [-0.4, -0.2) is 35.6 Å². The van der Waals surface area contributed by atoms with Gasteiger partial charge in [0.15, 0.2) is 4.34 Å². The van der Waals surface area contributed by atoms with Crippen molar-refractivity contribution in [3.05, 3.63) is 42.5 Å². The number of aromatic nitrogens is 1. The van der Waals surface area contributed by atoms with E-state index in [9.17, 15) is 14.4 Å². The summed E-state index contributed by atoms with van der Waals surface area (Å²) < 4.78 is 6.78. The summed E-state index contributed by atoms with van der Waals surface area (Å²) in [5.41, 5.74) is 2.11. The average molecular weight is 482 g/mol. The highest BCUT2D eigenvalue weighted by molar-refractivity contribution is 8.01. The van der Waals surface area contributed by atoms with Crippen LogP contribution in [-0.2, 0) is 14.4 Å². The second-order valence-electron chi connectivity index (χ2n) is 8.21. The Morgan fingerprint density at radius 2 is 1.82 bits per heavy atom. The lowest BCUT2D eigenvalue weighted by atomic mass is 9.81. The molecule has 1 aliphatic carbocycles. The number of fused-ring (bicyclic) bond motifs is 2. The molecule has 3 aromatic rings. The van der Waals surface area contributed by atoms with Gasteiger partial charge in [0.2, 0.25) is 17.7 Å². The van der Waals surface area contributed by atoms with Crippen LogP contribution in [0.5, 0.6) is 5.75 Å². The fourth-order valence-corrected chi connectivity index (χ4v) is 6.41. The van der Waals surface area contributed by atoms with E-state index in [-0.39, 0.29) is 35.3 Å². The van der Waals surface area contributed by atoms with Gasteiger partial charge in [-0.05, 0) is 55.3 Å². The van der Waals surface area contributed by atoms with Crippen LogP contribution in [0.3, 0.4) is 0 Å². The molecule has 3 amide bonds. The van der Waals surface area contributed by atoms with Crippen molar-refractivity contribution in [2.24, 2.45) is 11.8 Å². The van der Waals surface area contributed by atoms with Crippen LogP contribution in [0.2, 0.25) is 0 Å². The van der Waals surface area contributed by atoms with Gasteiger partial charge in [0.1, 0.15) is 5.75 Å². The van der Waals surface area contributed by atoms with Gasteiger partial charge in [-0.25, -0.2) is 4.98 Å². The number of imide groups is 1. The molecule has 2 aliphatic rings. The number of thiazole rings is 1. The number of ether oxygens (including phenoxy) is 1. The number of rotatable bonds is 6. The van der Waals surface area contributed by atoms with E-state index in [1.54, 1.807) is 37.4 Å². The minimum atomic E-state index is -0.168. The molecule has 1 aromatic heterocycles. The van der Waals surface area contributed by atoms with Crippen molar-refractivity contribution in [2.45, 2.75) is 30.0 Å². The molecule has 0 unspecified atom stereocenters. The van der Waals surface area contributed by atoms with Crippen LogP contribution in [0.4, 0.5) is 11.4 Å². The fraction of sp³-hybridized carbons (Fsp3) is 0.333. The number of hydrogen-bond donors (Lipinski definition) is 1. The second kappa shape index (κ2) is 9.15. The zero-order valence-corrected chi connectivity index (χ0v) is 19.7. The number of benzene rings is 2. The number of anilines is 2. The van der Waals surface area contributed by atoms with Gasteiger partial charge in [0.05, 0.1) is 40.6 Å². The first kappa shape index (κ1) is 21.9. The van der Waals surface area contributed by atoms with Crippen molar-refractivity contribution in [3.8, 4) is 5.75 Å². The summed E-state index contributed by atoms with van der Waals surface area (Å²) in [5, 5.41) is 2.86. The van der Waals surface area contributed by atoms with Crippen LogP contribution in [0.25, 0.3) is 10.2 Å². The van der Waals surface area contributed by atoms with Crippen molar-refractivity contribution in [2.75, 3.05) is 23.1 Å². The number of methoxy groups -OCH3 is 1. The monoisotopic (exact) mass is 481 g/mol. The van der Waals surface area contributed by atoms with Crippen molar-refractivity contribution in [3.63, 3.8) is 0 Å². The minimum Gasteiger partial charge on any atom is -0.497 e. The van der Waals surface area contributed by atoms with Gasteiger partial charge in [0, 0.05) is 5.69 Å². The Hall–Kier alpha value is -2.91. The molecule has 33 heavy (non-hydrogen) atoms. The maximum absolute atomic E-state index is 12.9. The zero-order chi connectivity index (χ0) is 22.9. The number of amides is 3. The Labute approximate surface area is 199 Å². The molecule has 7 nitrogen and oxygen atoms in total. The van der Waals surface area contributed by atoms with Crippen LogP contribution in [0.15, 0.2) is 46.8 Å². The Morgan fingerprint density at radius 3 is 2.48 bits per heavy atom. The summed E-state index contributed by atoms with van der Waals surface area (Å²) in [7, 11) is 1.60. The number of hydrogen-bond acceptors (Lipinski definition) is 7. The van der Waals surface area contributed by atoms with Gasteiger partial charge in [-0.2, -0.15) is 0 Å². The normalized spacial score (nSPS) is 20.2. The molecule has 2 atom stereocenters. The van der Waals surface area contributed by atoms with Crippen molar-refractivity contribution in [1.82, 2.24) is 4.98 Å². The standard InChI is InChI=1S/C24H23N3O4S2/c1-31-16-9-6-14(7-10-16)25-21(28)13-32-24-26-19-11-8-15(12-20(19)33-24)27-22(29)17-4-2-3-5-18(17)23(27)30/h6-12,17-18H,2-5,13H2,1H3,(H,25,28)/t17-,18-/m0/s1. The summed E-state index contributed by atoms with van der Waals surface area (Å²) in [6, 6.07) is 12.7. The Balaban J connectivity index is 1.26. The molecule has 2 fully saturated rings. The molecule has 2 heterocycles. The first-order valence-electron chi connectivity index (χ1n) is 10.9. The van der Waals surface area contributed by atoms with E-state index in [1.165, 1.54) is 28.0 Å². The molecular formula is C24H23N3O4S2. The molecule has 1 aliphatic heterocycles. The molecule has 0 spiro atoms. The van der Waals surface area contributed by atoms with Gasteiger partial charge in [-0.1, -0.05) is 24.6 Å². The summed E-state index contributed by atoms with van der Waals surface area (Å²) in [4.78, 5) is 44.1. The van der Waals surface area contributed by atoms with E-state index < -0.39 is 0 Å². The third-order valence-corrected chi connectivity index (χ3v) is 8.31. The summed E-state index contributed by atoms with van der Waals surface area (Å²) in [5.74, 6) is 0.355. The summed E-state index contributed by atoms with van der Waals surface area (Å²) in [6.07, 6.45) is 3.62. The molecule has 0 bridgehead atoms. The third-order valence-electron chi connectivity index (χ3n) is 6.15. The van der Waals surface area contributed by atoms with Crippen molar-refractivity contribution in [1.29, 1.82) is 0 Å². The van der Waals surface area contributed by atoms with Gasteiger partial charge in [-0.15, -0.1) is 11.3 Å². The Morgan fingerprint density at radius 1 is 1.12 bits per heavy atom. The SMILES string of the molecule is COc1ccc(NC(=O)CSc2nc3ccc(N4C(=O)[C@H]5CCCC[C@@H]5C4=O)cc3s2)cc1. The van der Waals surface area contributed by atoms with Gasteiger partial charge in [-0.3, -0.25) is 19.3 Å². The topological polar surface area (TPSA) is 88.6 Å². The van der Waals surface area contributed by atoms with E-state index in [0.29, 0.717) is 11.4 Å². The Bertz CT molecular complexity index is 1200. The lowest BCUT2D eigenvalue weighted by Gasteiger charge is -2.19. The highest BCUT2D eigenvalue weighted by atomic mass is 32.2. The molecule has 0 radical (unpaired) electrons. The molecule has 1 saturated heterocycles. The molecule has 1 N–H and O–H groups in total. The second-order valence-corrected chi connectivity index (χ2v) is 10.5. The number of carbonyl (C=O) groups is 3. The maximum Gasteiger partial charge on any atom is 0.237 e. The van der Waals surface area contributed by atoms with Crippen molar-refractivity contribution >= 4 is 62.4 Å². The van der Waals surface area contributed by atoms with Crippen LogP contribution in [0, 0.1) is 11.8 Å². The summed E-state index contributed by atoms with van der Waals surface area (Å²) >= 11 is 2.82. The zero-order valence-electron chi connectivity index (χ0n) is 18.1. The first-order valence-corrected chi connectivity index (χ1v) is 12.7. The number of nitrogens with zero attached hydrogens (tertiary/aromatic N) is 2. The quantitative estimate of drug-likeness (QED) is 0.405. The fourth-order valence-electron chi connectivity index (χ4n) is 4.51.